The molecule has 1 heterocycles. The van der Waals surface area contributed by atoms with E-state index in [0.29, 0.717) is 36.5 Å². The highest BCUT2D eigenvalue weighted by molar-refractivity contribution is 6.31. The van der Waals surface area contributed by atoms with Gasteiger partial charge in [-0.25, -0.2) is 9.59 Å². The van der Waals surface area contributed by atoms with Crippen LogP contribution >= 0.6 is 11.6 Å². The number of piperidine rings is 1. The largest absolute Gasteiger partial charge is 0.490 e. The predicted molar refractivity (Wildman–Crippen MR) is 97.7 cm³/mol. The molecule has 2 aromatic rings. The molecule has 1 atom stereocenters. The number of halogens is 4. The first-order valence-electron chi connectivity index (χ1n) is 8.66. The fourth-order valence-corrected chi connectivity index (χ4v) is 3.63. The number of nitrogens with zero attached hydrogens (tertiary/aromatic N) is 1. The number of carbonyl (C=O) groups excluding carboxylic acids is 2. The van der Waals surface area contributed by atoms with Gasteiger partial charge in [-0.05, 0) is 47.4 Å². The maximum Gasteiger partial charge on any atom is 0.490 e. The Morgan fingerprint density at radius 3 is 2.32 bits per heavy atom. The van der Waals surface area contributed by atoms with Gasteiger partial charge in [0.1, 0.15) is 6.10 Å². The average molecular weight is 415 g/mol. The van der Waals surface area contributed by atoms with Crippen LogP contribution in [0, 0.1) is 5.92 Å². The van der Waals surface area contributed by atoms with E-state index in [0.717, 1.165) is 10.8 Å². The van der Waals surface area contributed by atoms with Crippen molar-refractivity contribution in [3.05, 3.63) is 47.0 Å². The first kappa shape index (κ1) is 20.3. The molecule has 0 radical (unpaired) electrons. The molecule has 28 heavy (non-hydrogen) atoms. The number of alkyl halides is 3. The minimum Gasteiger partial charge on any atom is -0.451 e. The summed E-state index contributed by atoms with van der Waals surface area (Å²) < 4.78 is 43.3. The van der Waals surface area contributed by atoms with Gasteiger partial charge in [0, 0.05) is 24.0 Å². The topological polar surface area (TPSA) is 72.6 Å². The number of likely N-dealkylation sites (tertiary alicyclic amines) is 1. The number of benzene rings is 2. The zero-order valence-corrected chi connectivity index (χ0v) is 15.5. The highest BCUT2D eigenvalue weighted by Crippen LogP contribution is 2.37. The van der Waals surface area contributed by atoms with Gasteiger partial charge in [0.05, 0.1) is 0 Å². The van der Waals surface area contributed by atoms with Gasteiger partial charge in [-0.1, -0.05) is 29.8 Å². The second-order valence-electron chi connectivity index (χ2n) is 6.74. The van der Waals surface area contributed by atoms with Crippen molar-refractivity contribution in [3.8, 4) is 0 Å². The Morgan fingerprint density at radius 1 is 1.11 bits per heavy atom. The van der Waals surface area contributed by atoms with Crippen molar-refractivity contribution in [3.63, 3.8) is 0 Å². The van der Waals surface area contributed by atoms with Crippen LogP contribution in [0.2, 0.25) is 5.02 Å². The van der Waals surface area contributed by atoms with Crippen molar-refractivity contribution in [1.29, 1.82) is 0 Å². The highest BCUT2D eigenvalue weighted by atomic mass is 35.5. The van der Waals surface area contributed by atoms with Gasteiger partial charge in [0.15, 0.2) is 0 Å². The summed E-state index contributed by atoms with van der Waals surface area (Å²) in [6.45, 7) is 0.590. The number of nitrogens with two attached hydrogens (primary N) is 1. The van der Waals surface area contributed by atoms with Gasteiger partial charge in [0.2, 0.25) is 0 Å². The normalized spacial score (nSPS) is 16.8. The number of urea groups is 1. The van der Waals surface area contributed by atoms with Crippen molar-refractivity contribution in [1.82, 2.24) is 4.90 Å². The molecule has 9 heteroatoms. The number of hydrogen-bond acceptors (Lipinski definition) is 3. The van der Waals surface area contributed by atoms with Gasteiger partial charge in [0.25, 0.3) is 0 Å². The molecule has 2 aromatic carbocycles. The summed E-state index contributed by atoms with van der Waals surface area (Å²) in [5, 5.41) is 2.13. The number of hydrogen-bond donors (Lipinski definition) is 1. The highest BCUT2D eigenvalue weighted by Gasteiger charge is 2.44. The molecular formula is C19H18ClF3N2O3. The van der Waals surface area contributed by atoms with Gasteiger partial charge in [-0.3, -0.25) is 0 Å². The van der Waals surface area contributed by atoms with Crippen LogP contribution in [0.25, 0.3) is 10.8 Å². The Kier molecular flexibility index (Phi) is 5.69. The average Bonchev–Trinajstić information content (AvgIpc) is 2.65. The lowest BCUT2D eigenvalue weighted by atomic mass is 9.86. The number of fused-ring (bicyclic) bond motifs is 1. The van der Waals surface area contributed by atoms with E-state index in [1.807, 2.05) is 0 Å². The number of primary amides is 1. The summed E-state index contributed by atoms with van der Waals surface area (Å²) in [4.78, 5) is 24.2. The summed E-state index contributed by atoms with van der Waals surface area (Å²) >= 11 is 5.96. The molecular weight excluding hydrogens is 397 g/mol. The Balaban J connectivity index is 1.91. The fourth-order valence-electron chi connectivity index (χ4n) is 3.45. The zero-order chi connectivity index (χ0) is 20.5. The van der Waals surface area contributed by atoms with Crippen LogP contribution in [-0.2, 0) is 9.53 Å². The molecule has 0 bridgehead atoms. The maximum absolute atomic E-state index is 12.8. The number of rotatable bonds is 3. The molecule has 1 aliphatic rings. The second-order valence-corrected chi connectivity index (χ2v) is 7.17. The number of esters is 1. The van der Waals surface area contributed by atoms with Crippen LogP contribution in [-0.4, -0.2) is 36.2 Å². The number of carbonyl (C=O) groups is 2. The van der Waals surface area contributed by atoms with Crippen molar-refractivity contribution >= 4 is 34.4 Å². The third-order valence-corrected chi connectivity index (χ3v) is 5.13. The molecule has 5 nitrogen and oxygen atoms in total. The molecule has 1 fully saturated rings. The molecule has 2 amide bonds. The van der Waals surface area contributed by atoms with E-state index in [2.05, 4.69) is 0 Å². The molecule has 0 aromatic heterocycles. The van der Waals surface area contributed by atoms with Crippen molar-refractivity contribution < 1.29 is 27.5 Å². The van der Waals surface area contributed by atoms with E-state index >= 15 is 0 Å². The van der Waals surface area contributed by atoms with Gasteiger partial charge in [-0.2, -0.15) is 13.2 Å². The predicted octanol–water partition coefficient (Wildman–Crippen LogP) is 4.43. The summed E-state index contributed by atoms with van der Waals surface area (Å²) in [5.74, 6) is -2.60. The molecule has 1 unspecified atom stereocenters. The Hall–Kier alpha value is -2.48. The number of ether oxygens (including phenoxy) is 1. The molecule has 1 aliphatic heterocycles. The van der Waals surface area contributed by atoms with E-state index in [4.69, 9.17) is 22.1 Å². The van der Waals surface area contributed by atoms with Crippen LogP contribution in [0.5, 0.6) is 0 Å². The van der Waals surface area contributed by atoms with Crippen molar-refractivity contribution in [2.24, 2.45) is 11.7 Å². The third kappa shape index (κ3) is 4.49. The molecule has 2 N–H and O–H groups in total. The minimum absolute atomic E-state index is 0.295. The standard InChI is InChI=1S/C19H18ClF3N2O3/c20-15-4-3-12-9-14(2-1-13(12)10-15)16(28-17(26)19(21,22)23)11-5-7-25(8-6-11)18(24)27/h1-4,9-11,16H,5-8H2,(H2,24,27). The molecule has 150 valence electrons. The summed E-state index contributed by atoms with van der Waals surface area (Å²) in [7, 11) is 0. The molecule has 0 aliphatic carbocycles. The van der Waals surface area contributed by atoms with Crippen LogP contribution in [0.4, 0.5) is 18.0 Å². The van der Waals surface area contributed by atoms with E-state index in [-0.39, 0.29) is 5.92 Å². The molecule has 1 saturated heterocycles. The molecule has 3 rings (SSSR count). The van der Waals surface area contributed by atoms with Gasteiger partial charge in [-0.15, -0.1) is 0 Å². The quantitative estimate of drug-likeness (QED) is 0.755. The Labute approximate surface area is 164 Å². The van der Waals surface area contributed by atoms with E-state index in [1.165, 1.54) is 4.90 Å². The lowest BCUT2D eigenvalue weighted by Gasteiger charge is -2.35. The summed E-state index contributed by atoms with van der Waals surface area (Å²) in [6.07, 6.45) is -5.42. The smallest absolute Gasteiger partial charge is 0.451 e. The first-order chi connectivity index (χ1) is 13.1. The minimum atomic E-state index is -5.09. The Morgan fingerprint density at radius 2 is 1.71 bits per heavy atom. The lowest BCUT2D eigenvalue weighted by Crippen LogP contribution is -2.43. The van der Waals surface area contributed by atoms with E-state index in [9.17, 15) is 22.8 Å². The van der Waals surface area contributed by atoms with E-state index < -0.39 is 24.3 Å². The second kappa shape index (κ2) is 7.87. The fraction of sp³-hybridized carbons (Fsp3) is 0.368. The van der Waals surface area contributed by atoms with Crippen LogP contribution in [0.1, 0.15) is 24.5 Å². The molecule has 0 spiro atoms. The van der Waals surface area contributed by atoms with Gasteiger partial charge >= 0.3 is 18.2 Å². The van der Waals surface area contributed by atoms with Gasteiger partial charge < -0.3 is 15.4 Å². The van der Waals surface area contributed by atoms with Crippen LogP contribution in [0.15, 0.2) is 36.4 Å². The first-order valence-corrected chi connectivity index (χ1v) is 9.04. The van der Waals surface area contributed by atoms with E-state index in [1.54, 1.807) is 36.4 Å². The number of amides is 2. The van der Waals surface area contributed by atoms with Crippen LogP contribution in [0.3, 0.4) is 0 Å². The maximum atomic E-state index is 12.8. The lowest BCUT2D eigenvalue weighted by molar-refractivity contribution is -0.208. The third-order valence-electron chi connectivity index (χ3n) is 4.90. The Bertz CT molecular complexity index is 896. The SMILES string of the molecule is NC(=O)N1CCC(C(OC(=O)C(F)(F)F)c2ccc3cc(Cl)ccc3c2)CC1. The van der Waals surface area contributed by atoms with Crippen LogP contribution < -0.4 is 5.73 Å². The zero-order valence-electron chi connectivity index (χ0n) is 14.7. The van der Waals surface area contributed by atoms with Crippen molar-refractivity contribution in [2.45, 2.75) is 25.1 Å². The van der Waals surface area contributed by atoms with Crippen molar-refractivity contribution in [2.75, 3.05) is 13.1 Å². The monoisotopic (exact) mass is 414 g/mol. The molecule has 0 saturated carbocycles. The summed E-state index contributed by atoms with van der Waals surface area (Å²) in [5.41, 5.74) is 5.72. The summed E-state index contributed by atoms with van der Waals surface area (Å²) in [6, 6.07) is 9.64.